The van der Waals surface area contributed by atoms with Crippen molar-refractivity contribution in [2.24, 2.45) is 0 Å². The van der Waals surface area contributed by atoms with Gasteiger partial charge in [0.2, 0.25) is 0 Å². The van der Waals surface area contributed by atoms with Crippen LogP contribution >= 0.6 is 0 Å². The van der Waals surface area contributed by atoms with Crippen molar-refractivity contribution in [3.63, 3.8) is 0 Å². The number of pyridine rings is 1. The van der Waals surface area contributed by atoms with Gasteiger partial charge in [0.1, 0.15) is 5.75 Å². The highest BCUT2D eigenvalue weighted by atomic mass is 16.3. The largest absolute Gasteiger partial charge is 0.506 e. The van der Waals surface area contributed by atoms with Crippen molar-refractivity contribution >= 4 is 0 Å². The third kappa shape index (κ3) is 6.14. The number of aromatic nitrogens is 1. The fourth-order valence-corrected chi connectivity index (χ4v) is 0.622. The van der Waals surface area contributed by atoms with Crippen molar-refractivity contribution in [1.82, 2.24) is 4.98 Å². The molecule has 0 aliphatic carbocycles. The third-order valence-electron chi connectivity index (χ3n) is 1.20. The summed E-state index contributed by atoms with van der Waals surface area (Å²) in [6, 6.07) is 1.70. The lowest BCUT2D eigenvalue weighted by Gasteiger charge is -1.96. The average Bonchev–Trinajstić information content (AvgIpc) is 2.18. The van der Waals surface area contributed by atoms with Crippen molar-refractivity contribution in [3.8, 4) is 5.75 Å². The highest BCUT2D eigenvalue weighted by Crippen LogP contribution is 2.12. The van der Waals surface area contributed by atoms with E-state index in [0.29, 0.717) is 5.69 Å². The zero-order chi connectivity index (χ0) is 10.9. The summed E-state index contributed by atoms with van der Waals surface area (Å²) in [5.41, 5.74) is 1.67. The molecule has 13 heavy (non-hydrogen) atoms. The fourth-order valence-electron chi connectivity index (χ4n) is 0.622. The number of nitrogens with zero attached hydrogens (tertiary/aromatic N) is 1. The van der Waals surface area contributed by atoms with Crippen LogP contribution in [-0.4, -0.2) is 10.1 Å². The molecule has 1 aromatic heterocycles. The maximum absolute atomic E-state index is 9.04. The monoisotopic (exact) mass is 183 g/mol. The van der Waals surface area contributed by atoms with E-state index in [1.807, 2.05) is 34.6 Å². The molecule has 76 valence electrons. The van der Waals surface area contributed by atoms with Crippen LogP contribution in [0.1, 0.15) is 39.0 Å². The SMILES string of the molecule is CC.CC.Cc1cnc(C)c(O)c1. The number of hydrogen-bond acceptors (Lipinski definition) is 2. The first-order valence-electron chi connectivity index (χ1n) is 4.82. The van der Waals surface area contributed by atoms with Crippen LogP contribution < -0.4 is 0 Å². The Balaban J connectivity index is 0. The van der Waals surface area contributed by atoms with Gasteiger partial charge in [-0.05, 0) is 25.5 Å². The minimum atomic E-state index is 0.273. The number of rotatable bonds is 0. The lowest BCUT2D eigenvalue weighted by atomic mass is 10.3. The van der Waals surface area contributed by atoms with Crippen LogP contribution in [0, 0.1) is 13.8 Å². The van der Waals surface area contributed by atoms with E-state index >= 15 is 0 Å². The molecule has 0 fully saturated rings. The minimum absolute atomic E-state index is 0.273. The molecule has 0 spiro atoms. The average molecular weight is 183 g/mol. The highest BCUT2D eigenvalue weighted by Gasteiger charge is 1.93. The van der Waals surface area contributed by atoms with Crippen LogP contribution in [0.4, 0.5) is 0 Å². The first-order chi connectivity index (χ1) is 6.20. The van der Waals surface area contributed by atoms with Gasteiger partial charge >= 0.3 is 0 Å². The molecule has 1 rings (SSSR count). The molecule has 0 atom stereocenters. The lowest BCUT2D eigenvalue weighted by Crippen LogP contribution is -1.81. The maximum atomic E-state index is 9.04. The van der Waals surface area contributed by atoms with Crippen molar-refractivity contribution < 1.29 is 5.11 Å². The van der Waals surface area contributed by atoms with Crippen LogP contribution in [0.2, 0.25) is 0 Å². The second-order valence-corrected chi connectivity index (χ2v) is 2.12. The van der Waals surface area contributed by atoms with E-state index < -0.39 is 0 Å². The van der Waals surface area contributed by atoms with E-state index in [-0.39, 0.29) is 5.75 Å². The first kappa shape index (κ1) is 14.5. The maximum Gasteiger partial charge on any atom is 0.137 e. The van der Waals surface area contributed by atoms with Gasteiger partial charge in [-0.25, -0.2) is 0 Å². The molecule has 0 radical (unpaired) electrons. The van der Waals surface area contributed by atoms with Gasteiger partial charge < -0.3 is 5.11 Å². The van der Waals surface area contributed by atoms with E-state index in [4.69, 9.17) is 5.11 Å². The highest BCUT2D eigenvalue weighted by molar-refractivity contribution is 5.27. The van der Waals surface area contributed by atoms with Gasteiger partial charge in [0.15, 0.2) is 0 Å². The molecule has 2 nitrogen and oxygen atoms in total. The van der Waals surface area contributed by atoms with Crippen LogP contribution in [0.15, 0.2) is 12.3 Å². The summed E-state index contributed by atoms with van der Waals surface area (Å²) < 4.78 is 0. The summed E-state index contributed by atoms with van der Waals surface area (Å²) in [5.74, 6) is 0.273. The van der Waals surface area contributed by atoms with Crippen molar-refractivity contribution in [1.29, 1.82) is 0 Å². The Kier molecular flexibility index (Phi) is 10.1. The predicted molar refractivity (Wildman–Crippen MR) is 58.1 cm³/mol. The fraction of sp³-hybridized carbons (Fsp3) is 0.545. The molecule has 2 heteroatoms. The second-order valence-electron chi connectivity index (χ2n) is 2.12. The van der Waals surface area contributed by atoms with Crippen LogP contribution in [0.5, 0.6) is 5.75 Å². The third-order valence-corrected chi connectivity index (χ3v) is 1.20. The van der Waals surface area contributed by atoms with E-state index in [2.05, 4.69) is 4.98 Å². The first-order valence-corrected chi connectivity index (χ1v) is 4.82. The van der Waals surface area contributed by atoms with Gasteiger partial charge in [0.25, 0.3) is 0 Å². The van der Waals surface area contributed by atoms with E-state index in [1.54, 1.807) is 19.2 Å². The molecule has 0 amide bonds. The summed E-state index contributed by atoms with van der Waals surface area (Å²) in [4.78, 5) is 3.93. The lowest BCUT2D eigenvalue weighted by molar-refractivity contribution is 0.467. The predicted octanol–water partition coefficient (Wildman–Crippen LogP) is 3.46. The van der Waals surface area contributed by atoms with Gasteiger partial charge in [0.05, 0.1) is 5.69 Å². The standard InChI is InChI=1S/C7H9NO.2C2H6/c1-5-3-7(9)6(2)8-4-5;2*1-2/h3-4,9H,1-2H3;2*1-2H3. The molecule has 0 unspecified atom stereocenters. The van der Waals surface area contributed by atoms with E-state index in [9.17, 15) is 0 Å². The van der Waals surface area contributed by atoms with Crippen molar-refractivity contribution in [2.75, 3.05) is 0 Å². The molecular formula is C11H21NO. The molecule has 1 heterocycles. The quantitative estimate of drug-likeness (QED) is 0.668. The van der Waals surface area contributed by atoms with Gasteiger partial charge in [-0.2, -0.15) is 0 Å². The topological polar surface area (TPSA) is 33.1 Å². The Labute approximate surface area is 81.6 Å². The molecule has 0 bridgehead atoms. The molecule has 0 aromatic carbocycles. The summed E-state index contributed by atoms with van der Waals surface area (Å²) in [7, 11) is 0. The van der Waals surface area contributed by atoms with Gasteiger partial charge in [0, 0.05) is 6.20 Å². The Morgan fingerprint density at radius 3 is 1.85 bits per heavy atom. The number of aromatic hydroxyl groups is 1. The van der Waals surface area contributed by atoms with E-state index in [1.165, 1.54) is 0 Å². The van der Waals surface area contributed by atoms with Crippen LogP contribution in [0.3, 0.4) is 0 Å². The molecule has 0 saturated carbocycles. The van der Waals surface area contributed by atoms with Gasteiger partial charge in [-0.3, -0.25) is 4.98 Å². The molecule has 1 N–H and O–H groups in total. The molecular weight excluding hydrogens is 162 g/mol. The molecule has 0 saturated heterocycles. The zero-order valence-corrected chi connectivity index (χ0v) is 9.55. The summed E-state index contributed by atoms with van der Waals surface area (Å²) in [5, 5.41) is 9.04. The summed E-state index contributed by atoms with van der Waals surface area (Å²) in [6.07, 6.45) is 1.73. The minimum Gasteiger partial charge on any atom is -0.506 e. The number of hydrogen-bond donors (Lipinski definition) is 1. The summed E-state index contributed by atoms with van der Waals surface area (Å²) in [6.45, 7) is 11.7. The van der Waals surface area contributed by atoms with Crippen LogP contribution in [0.25, 0.3) is 0 Å². The molecule has 0 aliphatic rings. The van der Waals surface area contributed by atoms with Crippen LogP contribution in [-0.2, 0) is 0 Å². The van der Waals surface area contributed by atoms with Gasteiger partial charge in [-0.15, -0.1) is 0 Å². The van der Waals surface area contributed by atoms with E-state index in [0.717, 1.165) is 5.56 Å². The van der Waals surface area contributed by atoms with Crippen molar-refractivity contribution in [2.45, 2.75) is 41.5 Å². The Bertz CT molecular complexity index is 221. The smallest absolute Gasteiger partial charge is 0.137 e. The Morgan fingerprint density at radius 2 is 1.54 bits per heavy atom. The zero-order valence-electron chi connectivity index (χ0n) is 9.55. The Hall–Kier alpha value is -1.05. The molecule has 1 aromatic rings. The summed E-state index contributed by atoms with van der Waals surface area (Å²) >= 11 is 0. The second kappa shape index (κ2) is 9.04. The van der Waals surface area contributed by atoms with Crippen molar-refractivity contribution in [3.05, 3.63) is 23.5 Å². The Morgan fingerprint density at radius 1 is 1.08 bits per heavy atom. The van der Waals surface area contributed by atoms with Gasteiger partial charge in [-0.1, -0.05) is 27.7 Å². The molecule has 0 aliphatic heterocycles. The number of aryl methyl sites for hydroxylation is 2. The normalized spacial score (nSPS) is 7.54.